The van der Waals surface area contributed by atoms with Crippen LogP contribution in [0.1, 0.15) is 53.4 Å². The lowest BCUT2D eigenvalue weighted by atomic mass is 10.0. The minimum atomic E-state index is -0.237. The summed E-state index contributed by atoms with van der Waals surface area (Å²) >= 11 is 6.52. The van der Waals surface area contributed by atoms with Gasteiger partial charge in [0.05, 0.1) is 17.8 Å². The number of aromatic nitrogens is 2. The summed E-state index contributed by atoms with van der Waals surface area (Å²) in [5.74, 6) is -0.237. The first-order chi connectivity index (χ1) is 15.0. The van der Waals surface area contributed by atoms with Crippen LogP contribution in [0.2, 0.25) is 5.15 Å². The fourth-order valence-corrected chi connectivity index (χ4v) is 4.51. The number of rotatable bonds is 6. The molecule has 2 aromatic carbocycles. The van der Waals surface area contributed by atoms with Crippen molar-refractivity contribution < 1.29 is 4.79 Å². The van der Waals surface area contributed by atoms with Gasteiger partial charge in [-0.15, -0.1) is 0 Å². The maximum absolute atomic E-state index is 12.9. The van der Waals surface area contributed by atoms with Gasteiger partial charge < -0.3 is 5.32 Å². The molecule has 0 saturated carbocycles. The quantitative estimate of drug-likeness (QED) is 0.553. The molecule has 2 heterocycles. The molecule has 31 heavy (non-hydrogen) atoms. The van der Waals surface area contributed by atoms with Gasteiger partial charge in [-0.2, -0.15) is 5.10 Å². The summed E-state index contributed by atoms with van der Waals surface area (Å²) in [4.78, 5) is 15.4. The largest absolute Gasteiger partial charge is 0.322 e. The molecule has 0 radical (unpaired) electrons. The van der Waals surface area contributed by atoms with Crippen LogP contribution in [0.5, 0.6) is 0 Å². The Morgan fingerprint density at radius 1 is 1.06 bits per heavy atom. The number of nitrogens with zero attached hydrogens (tertiary/aromatic N) is 3. The Morgan fingerprint density at radius 2 is 1.77 bits per heavy atom. The molecule has 5 nitrogen and oxygen atoms in total. The van der Waals surface area contributed by atoms with Gasteiger partial charge in [-0.25, -0.2) is 4.68 Å². The third-order valence-electron chi connectivity index (χ3n) is 6.01. The molecule has 162 valence electrons. The van der Waals surface area contributed by atoms with E-state index in [1.165, 1.54) is 24.8 Å². The molecule has 1 aromatic heterocycles. The summed E-state index contributed by atoms with van der Waals surface area (Å²) < 4.78 is 1.67. The molecule has 1 amide bonds. The summed E-state index contributed by atoms with van der Waals surface area (Å²) in [5, 5.41) is 7.80. The van der Waals surface area contributed by atoms with Crippen molar-refractivity contribution in [2.24, 2.45) is 0 Å². The third kappa shape index (κ3) is 5.17. The van der Waals surface area contributed by atoms with Crippen LogP contribution in [0.25, 0.3) is 0 Å². The first-order valence-electron chi connectivity index (χ1n) is 10.9. The normalized spacial score (nSPS) is 16.9. The van der Waals surface area contributed by atoms with Crippen molar-refractivity contribution in [1.82, 2.24) is 14.7 Å². The Bertz CT molecular complexity index is 1030. The van der Waals surface area contributed by atoms with Crippen molar-refractivity contribution >= 4 is 23.2 Å². The van der Waals surface area contributed by atoms with Crippen molar-refractivity contribution in [3.05, 3.63) is 82.1 Å². The second-order valence-corrected chi connectivity index (χ2v) is 8.72. The Balaban J connectivity index is 1.42. The van der Waals surface area contributed by atoms with Crippen molar-refractivity contribution in [2.45, 2.75) is 52.2 Å². The molecule has 1 unspecified atom stereocenters. The highest BCUT2D eigenvalue weighted by molar-refractivity contribution is 6.33. The van der Waals surface area contributed by atoms with Gasteiger partial charge in [-0.3, -0.25) is 9.69 Å². The highest BCUT2D eigenvalue weighted by atomic mass is 35.5. The summed E-state index contributed by atoms with van der Waals surface area (Å²) in [6.07, 6.45) is 3.87. The van der Waals surface area contributed by atoms with Gasteiger partial charge in [0.15, 0.2) is 0 Å². The van der Waals surface area contributed by atoms with E-state index in [4.69, 9.17) is 11.6 Å². The Morgan fingerprint density at radius 3 is 2.48 bits per heavy atom. The van der Waals surface area contributed by atoms with Crippen LogP contribution < -0.4 is 5.32 Å². The van der Waals surface area contributed by atoms with Gasteiger partial charge in [-0.1, -0.05) is 60.5 Å². The van der Waals surface area contributed by atoms with E-state index in [0.29, 0.717) is 29.0 Å². The number of anilines is 1. The monoisotopic (exact) mass is 436 g/mol. The first-order valence-corrected chi connectivity index (χ1v) is 11.3. The zero-order chi connectivity index (χ0) is 21.8. The SMILES string of the molecule is Cc1nn(Cc2ccccc2)c(Cl)c1C(=O)Nc1ccc(CN2CCCCC2C)cc1. The summed E-state index contributed by atoms with van der Waals surface area (Å²) in [7, 11) is 0. The van der Waals surface area contributed by atoms with Crippen molar-refractivity contribution in [2.75, 3.05) is 11.9 Å². The van der Waals surface area contributed by atoms with Crippen LogP contribution in [0, 0.1) is 6.92 Å². The number of likely N-dealkylation sites (tertiary alicyclic amines) is 1. The summed E-state index contributed by atoms with van der Waals surface area (Å²) in [6, 6.07) is 18.7. The summed E-state index contributed by atoms with van der Waals surface area (Å²) in [5.41, 5.74) is 4.14. The number of nitrogens with one attached hydrogen (secondary N) is 1. The van der Waals surface area contributed by atoms with Crippen LogP contribution >= 0.6 is 11.6 Å². The van der Waals surface area contributed by atoms with Gasteiger partial charge >= 0.3 is 0 Å². The van der Waals surface area contributed by atoms with Gasteiger partial charge in [0.1, 0.15) is 5.15 Å². The number of carbonyl (C=O) groups is 1. The Labute approximate surface area is 189 Å². The molecule has 3 aromatic rings. The van der Waals surface area contributed by atoms with Crippen LogP contribution in [0.3, 0.4) is 0 Å². The highest BCUT2D eigenvalue weighted by Crippen LogP contribution is 2.23. The average molecular weight is 437 g/mol. The zero-order valence-electron chi connectivity index (χ0n) is 18.1. The molecule has 1 fully saturated rings. The van der Waals surface area contributed by atoms with E-state index in [1.54, 1.807) is 4.68 Å². The molecule has 1 N–H and O–H groups in total. The molecule has 0 aliphatic carbocycles. The molecule has 1 aliphatic heterocycles. The molecule has 6 heteroatoms. The predicted molar refractivity (Wildman–Crippen MR) is 126 cm³/mol. The number of hydrogen-bond acceptors (Lipinski definition) is 3. The number of amides is 1. The van der Waals surface area contributed by atoms with Gasteiger partial charge in [0.25, 0.3) is 5.91 Å². The minimum absolute atomic E-state index is 0.237. The number of aryl methyl sites for hydroxylation is 1. The maximum Gasteiger partial charge on any atom is 0.260 e. The Kier molecular flexibility index (Phi) is 6.73. The number of piperidine rings is 1. The average Bonchev–Trinajstić information content (AvgIpc) is 3.04. The van der Waals surface area contributed by atoms with E-state index < -0.39 is 0 Å². The minimum Gasteiger partial charge on any atom is -0.322 e. The van der Waals surface area contributed by atoms with E-state index in [0.717, 1.165) is 24.3 Å². The van der Waals surface area contributed by atoms with Gasteiger partial charge in [0.2, 0.25) is 0 Å². The van der Waals surface area contributed by atoms with Crippen LogP contribution in [-0.4, -0.2) is 33.2 Å². The molecule has 1 saturated heterocycles. The summed E-state index contributed by atoms with van der Waals surface area (Å²) in [6.45, 7) is 6.75. The molecule has 4 rings (SSSR count). The number of carbonyl (C=O) groups excluding carboxylic acids is 1. The highest BCUT2D eigenvalue weighted by Gasteiger charge is 2.21. The smallest absolute Gasteiger partial charge is 0.260 e. The van der Waals surface area contributed by atoms with Crippen molar-refractivity contribution in [3.8, 4) is 0 Å². The molecular weight excluding hydrogens is 408 g/mol. The Hall–Kier alpha value is -2.63. The third-order valence-corrected chi connectivity index (χ3v) is 6.39. The molecule has 0 spiro atoms. The fraction of sp³-hybridized carbons (Fsp3) is 0.360. The van der Waals surface area contributed by atoms with Crippen LogP contribution in [-0.2, 0) is 13.1 Å². The molecule has 0 bridgehead atoms. The van der Waals surface area contributed by atoms with Crippen LogP contribution in [0.15, 0.2) is 54.6 Å². The zero-order valence-corrected chi connectivity index (χ0v) is 18.9. The van der Waals surface area contributed by atoms with Gasteiger partial charge in [0, 0.05) is 18.3 Å². The number of halogens is 1. The number of hydrogen-bond donors (Lipinski definition) is 1. The van der Waals surface area contributed by atoms with Crippen molar-refractivity contribution in [3.63, 3.8) is 0 Å². The molecule has 1 atom stereocenters. The lowest BCUT2D eigenvalue weighted by Gasteiger charge is -2.33. The first kappa shape index (κ1) is 21.6. The topological polar surface area (TPSA) is 50.2 Å². The number of benzene rings is 2. The van der Waals surface area contributed by atoms with E-state index in [-0.39, 0.29) is 5.91 Å². The van der Waals surface area contributed by atoms with E-state index >= 15 is 0 Å². The predicted octanol–water partition coefficient (Wildman–Crippen LogP) is 5.52. The second-order valence-electron chi connectivity index (χ2n) is 8.36. The van der Waals surface area contributed by atoms with E-state index in [2.05, 4.69) is 34.4 Å². The van der Waals surface area contributed by atoms with E-state index in [9.17, 15) is 4.79 Å². The fourth-order valence-electron chi connectivity index (χ4n) is 4.19. The van der Waals surface area contributed by atoms with E-state index in [1.807, 2.05) is 49.4 Å². The van der Waals surface area contributed by atoms with Gasteiger partial charge in [-0.05, 0) is 56.5 Å². The van der Waals surface area contributed by atoms with Crippen molar-refractivity contribution in [1.29, 1.82) is 0 Å². The second kappa shape index (κ2) is 9.67. The molecule has 1 aliphatic rings. The molecular formula is C25H29ClN4O. The maximum atomic E-state index is 12.9. The lowest BCUT2D eigenvalue weighted by molar-refractivity contribution is 0.102. The van der Waals surface area contributed by atoms with Crippen LogP contribution in [0.4, 0.5) is 5.69 Å². The standard InChI is InChI=1S/C25H29ClN4O/c1-18-8-6-7-15-29(18)16-21-11-13-22(14-12-21)27-25(31)23-19(2)28-30(24(23)26)17-20-9-4-3-5-10-20/h3-5,9-14,18H,6-8,15-17H2,1-2H3,(H,27,31). The lowest BCUT2D eigenvalue weighted by Crippen LogP contribution is -2.36.